The fraction of sp³-hybridized carbons (Fsp3) is 0.885. The van der Waals surface area contributed by atoms with Crippen LogP contribution in [0.2, 0.25) is 0 Å². The van der Waals surface area contributed by atoms with Crippen molar-refractivity contribution in [2.75, 3.05) is 6.61 Å². The molecular weight excluding hydrogens is 392 g/mol. The van der Waals surface area contributed by atoms with Crippen molar-refractivity contribution in [3.8, 4) is 0 Å². The van der Waals surface area contributed by atoms with Crippen molar-refractivity contribution in [2.45, 2.75) is 97.9 Å². The fourth-order valence-corrected chi connectivity index (χ4v) is 9.76. The molecule has 0 amide bonds. The summed E-state index contributed by atoms with van der Waals surface area (Å²) >= 11 is 0. The lowest BCUT2D eigenvalue weighted by molar-refractivity contribution is -0.236. The summed E-state index contributed by atoms with van der Waals surface area (Å²) in [4.78, 5) is 12.9. The average molecular weight is 433 g/mol. The van der Waals surface area contributed by atoms with E-state index < -0.39 is 23.7 Å². The zero-order valence-electron chi connectivity index (χ0n) is 19.8. The van der Waals surface area contributed by atoms with E-state index in [9.17, 15) is 20.1 Å². The number of aliphatic hydroxyl groups is 3. The molecule has 0 bridgehead atoms. The molecule has 0 aromatic heterocycles. The number of carbonyl (C=O) groups is 1. The van der Waals surface area contributed by atoms with Gasteiger partial charge in [0.1, 0.15) is 6.10 Å². The van der Waals surface area contributed by atoms with Crippen LogP contribution in [0.15, 0.2) is 11.1 Å². The van der Waals surface area contributed by atoms with Crippen LogP contribution >= 0.6 is 0 Å². The monoisotopic (exact) mass is 432 g/mol. The summed E-state index contributed by atoms with van der Waals surface area (Å²) in [6, 6.07) is 0. The van der Waals surface area contributed by atoms with Gasteiger partial charge < -0.3 is 20.1 Å². The van der Waals surface area contributed by atoms with Gasteiger partial charge in [-0.05, 0) is 74.0 Å². The molecule has 3 fully saturated rings. The largest absolute Gasteiger partial charge is 0.455 e. The first-order valence-electron chi connectivity index (χ1n) is 12.4. The van der Waals surface area contributed by atoms with Gasteiger partial charge in [0, 0.05) is 23.0 Å². The van der Waals surface area contributed by atoms with Gasteiger partial charge in [-0.15, -0.1) is 0 Å². The zero-order chi connectivity index (χ0) is 22.6. The van der Waals surface area contributed by atoms with E-state index >= 15 is 0 Å². The van der Waals surface area contributed by atoms with Crippen LogP contribution in [0.25, 0.3) is 0 Å². The third kappa shape index (κ3) is 2.52. The van der Waals surface area contributed by atoms with Crippen LogP contribution < -0.4 is 0 Å². The molecule has 4 aliphatic carbocycles. The van der Waals surface area contributed by atoms with Crippen LogP contribution in [-0.4, -0.2) is 46.2 Å². The molecule has 3 saturated carbocycles. The second-order valence-electron chi connectivity index (χ2n) is 12.6. The van der Waals surface area contributed by atoms with Gasteiger partial charge in [-0.25, -0.2) is 4.79 Å². The van der Waals surface area contributed by atoms with Crippen LogP contribution in [0.1, 0.15) is 79.6 Å². The molecular formula is C26H40O5. The summed E-state index contributed by atoms with van der Waals surface area (Å²) in [7, 11) is 0. The first-order chi connectivity index (χ1) is 14.4. The molecule has 1 aliphatic heterocycles. The molecule has 0 aromatic rings. The van der Waals surface area contributed by atoms with Crippen LogP contribution in [0.5, 0.6) is 0 Å². The summed E-state index contributed by atoms with van der Waals surface area (Å²) < 4.78 is 5.54. The lowest BCUT2D eigenvalue weighted by atomic mass is 9.35. The van der Waals surface area contributed by atoms with Crippen molar-refractivity contribution in [2.24, 2.45) is 39.4 Å². The highest BCUT2D eigenvalue weighted by Gasteiger charge is 2.70. The number of carbonyl (C=O) groups excluding carboxylic acids is 1. The van der Waals surface area contributed by atoms with Crippen molar-refractivity contribution >= 4 is 5.97 Å². The van der Waals surface area contributed by atoms with E-state index in [2.05, 4.69) is 20.8 Å². The van der Waals surface area contributed by atoms with E-state index in [1.165, 1.54) is 6.42 Å². The Bertz CT molecular complexity index is 832. The topological polar surface area (TPSA) is 87.0 Å². The molecule has 5 rings (SSSR count). The Morgan fingerprint density at radius 1 is 1.00 bits per heavy atom. The van der Waals surface area contributed by atoms with Gasteiger partial charge in [0.25, 0.3) is 0 Å². The first kappa shape index (κ1) is 21.9. The second kappa shape index (κ2) is 6.57. The maximum atomic E-state index is 12.9. The Morgan fingerprint density at radius 3 is 2.39 bits per heavy atom. The normalized spacial score (nSPS) is 53.2. The molecule has 0 saturated heterocycles. The molecule has 1 unspecified atom stereocenters. The maximum absolute atomic E-state index is 12.9. The molecule has 0 radical (unpaired) electrons. The third-order valence-corrected chi connectivity index (χ3v) is 11.1. The minimum Gasteiger partial charge on any atom is -0.455 e. The quantitative estimate of drug-likeness (QED) is 0.551. The Kier molecular flexibility index (Phi) is 4.65. The molecule has 1 heterocycles. The molecule has 5 nitrogen and oxygen atoms in total. The summed E-state index contributed by atoms with van der Waals surface area (Å²) in [6.07, 6.45) is 4.71. The van der Waals surface area contributed by atoms with Gasteiger partial charge in [-0.2, -0.15) is 0 Å². The lowest BCUT2D eigenvalue weighted by Gasteiger charge is -2.70. The van der Waals surface area contributed by atoms with Crippen LogP contribution in [0, 0.1) is 39.4 Å². The molecule has 0 aromatic carbocycles. The van der Waals surface area contributed by atoms with E-state index in [0.29, 0.717) is 29.9 Å². The molecule has 31 heavy (non-hydrogen) atoms. The van der Waals surface area contributed by atoms with Crippen LogP contribution in [0.3, 0.4) is 0 Å². The van der Waals surface area contributed by atoms with Gasteiger partial charge in [-0.1, -0.05) is 34.1 Å². The third-order valence-electron chi connectivity index (χ3n) is 11.1. The standard InChI is InChI=1S/C26H40O5/c1-14-20-15(28)11-17-24(4)10-7-16-23(2,3)8-6-9-26(16,13-27)18(24)12-19(29)25(17,5)21(20)22(30)31-14/h14-19,27-29H,6-13H2,1-5H3/t14?,15-,16-,17-,18-,19+,24-,25+,26+/m0/s1. The number of hydrogen-bond acceptors (Lipinski definition) is 5. The summed E-state index contributed by atoms with van der Waals surface area (Å²) in [5, 5.41) is 33.7. The fourth-order valence-electron chi connectivity index (χ4n) is 9.76. The van der Waals surface area contributed by atoms with E-state index in [1.807, 2.05) is 13.8 Å². The van der Waals surface area contributed by atoms with E-state index in [-0.39, 0.29) is 40.7 Å². The number of fused-ring (bicyclic) bond motifs is 6. The molecule has 174 valence electrons. The van der Waals surface area contributed by atoms with Crippen LogP contribution in [-0.2, 0) is 9.53 Å². The average Bonchev–Trinajstić information content (AvgIpc) is 3.00. The van der Waals surface area contributed by atoms with E-state index in [1.54, 1.807) is 0 Å². The van der Waals surface area contributed by atoms with E-state index in [4.69, 9.17) is 4.74 Å². The Hall–Kier alpha value is -0.910. The van der Waals surface area contributed by atoms with Gasteiger partial charge in [0.2, 0.25) is 0 Å². The minimum absolute atomic E-state index is 0.0187. The van der Waals surface area contributed by atoms with Gasteiger partial charge >= 0.3 is 5.97 Å². The minimum atomic E-state index is -0.713. The van der Waals surface area contributed by atoms with Gasteiger partial charge in [-0.3, -0.25) is 0 Å². The van der Waals surface area contributed by atoms with Crippen LogP contribution in [0.4, 0.5) is 0 Å². The number of rotatable bonds is 1. The zero-order valence-corrected chi connectivity index (χ0v) is 19.8. The number of ether oxygens (including phenoxy) is 1. The summed E-state index contributed by atoms with van der Waals surface area (Å²) in [5.74, 6) is 0.239. The second-order valence-corrected chi connectivity index (χ2v) is 12.6. The summed E-state index contributed by atoms with van der Waals surface area (Å²) in [5.41, 5.74) is 0.358. The van der Waals surface area contributed by atoms with E-state index in [0.717, 1.165) is 25.7 Å². The molecule has 0 spiro atoms. The van der Waals surface area contributed by atoms with Crippen molar-refractivity contribution < 1.29 is 24.9 Å². The number of cyclic esters (lactones) is 1. The Morgan fingerprint density at radius 2 is 1.71 bits per heavy atom. The molecule has 9 atom stereocenters. The van der Waals surface area contributed by atoms with Crippen molar-refractivity contribution in [3.05, 3.63) is 11.1 Å². The SMILES string of the molecule is CC1OC(=O)C2=C1[C@@H](O)C[C@H]1[C@]3(C)CC[C@H]4C(C)(C)CCC[C@]4(CO)[C@H]3C[C@@H](O)[C@]21C. The number of hydrogen-bond donors (Lipinski definition) is 3. The Balaban J connectivity index is 1.65. The molecule has 5 heteroatoms. The van der Waals surface area contributed by atoms with Gasteiger partial charge in [0.15, 0.2) is 0 Å². The smallest absolute Gasteiger partial charge is 0.335 e. The highest BCUT2D eigenvalue weighted by atomic mass is 16.5. The molecule has 5 aliphatic rings. The first-order valence-corrected chi connectivity index (χ1v) is 12.4. The lowest BCUT2D eigenvalue weighted by Crippen LogP contribution is -2.67. The van der Waals surface area contributed by atoms with Crippen molar-refractivity contribution in [1.82, 2.24) is 0 Å². The molecule has 3 N–H and O–H groups in total. The van der Waals surface area contributed by atoms with Gasteiger partial charge in [0.05, 0.1) is 17.8 Å². The highest BCUT2D eigenvalue weighted by Crippen LogP contribution is 2.73. The summed E-state index contributed by atoms with van der Waals surface area (Å²) in [6.45, 7) is 11.0. The van der Waals surface area contributed by atoms with Crippen molar-refractivity contribution in [3.63, 3.8) is 0 Å². The predicted octanol–water partition coefficient (Wildman–Crippen LogP) is 3.60. The highest BCUT2D eigenvalue weighted by molar-refractivity contribution is 5.94. The predicted molar refractivity (Wildman–Crippen MR) is 117 cm³/mol. The number of esters is 1. The number of aliphatic hydroxyl groups excluding tert-OH is 3. The maximum Gasteiger partial charge on any atom is 0.335 e. The van der Waals surface area contributed by atoms with Crippen molar-refractivity contribution in [1.29, 1.82) is 0 Å². The Labute approximate surface area is 186 Å².